The molecular weight excluding hydrogens is 745 g/mol. The third-order valence-electron chi connectivity index (χ3n) is 9.56. The molecule has 4 bridgehead atoms. The Morgan fingerprint density at radius 2 is 1.47 bits per heavy atom. The Labute approximate surface area is 334 Å². The van der Waals surface area contributed by atoms with E-state index in [4.69, 9.17) is 9.73 Å². The second-order valence-corrected chi connectivity index (χ2v) is 16.8. The van der Waals surface area contributed by atoms with E-state index >= 15 is 0 Å². The van der Waals surface area contributed by atoms with Crippen LogP contribution in [-0.4, -0.2) is 57.0 Å². The number of aliphatic imine (C=N–C) groups is 1. The minimum Gasteiger partial charge on any atom is -0.456 e. The molecule has 0 saturated heterocycles. The van der Waals surface area contributed by atoms with Gasteiger partial charge in [-0.15, -0.1) is 34.9 Å². The molecule has 0 fully saturated rings. The van der Waals surface area contributed by atoms with Crippen LogP contribution in [0.2, 0.25) is 0 Å². The molecular formula is C44H42N4O4S3. The average Bonchev–Trinajstić information content (AvgIpc) is 3.87. The number of carbonyl (C=O) groups is 3. The number of cyclic esters (lactones) is 1. The Morgan fingerprint density at radius 3 is 2.09 bits per heavy atom. The number of carbonyl (C=O) groups excluding carboxylic acids is 3. The number of ether oxygens (including phenoxy) is 1. The van der Waals surface area contributed by atoms with Gasteiger partial charge in [-0.1, -0.05) is 127 Å². The van der Waals surface area contributed by atoms with E-state index in [0.717, 1.165) is 16.3 Å². The molecule has 2 N–H and O–H groups in total. The summed E-state index contributed by atoms with van der Waals surface area (Å²) in [5.41, 5.74) is 3.99. The number of thiazole rings is 1. The molecule has 2 aliphatic rings. The number of nitrogens with zero attached hydrogens (tertiary/aromatic N) is 2. The van der Waals surface area contributed by atoms with E-state index in [1.54, 1.807) is 13.0 Å². The maximum atomic E-state index is 14.0. The van der Waals surface area contributed by atoms with E-state index in [1.165, 1.54) is 39.8 Å². The van der Waals surface area contributed by atoms with Gasteiger partial charge in [0.25, 0.3) is 0 Å². The zero-order valence-electron chi connectivity index (χ0n) is 30.4. The Bertz CT molecular complexity index is 2050. The molecule has 5 aromatic rings. The van der Waals surface area contributed by atoms with Crippen molar-refractivity contribution >= 4 is 57.7 Å². The van der Waals surface area contributed by atoms with Crippen LogP contribution >= 0.6 is 34.9 Å². The lowest BCUT2D eigenvalue weighted by Crippen LogP contribution is -2.52. The van der Waals surface area contributed by atoms with E-state index in [0.29, 0.717) is 22.9 Å². The molecule has 8 nitrogen and oxygen atoms in total. The smallest absolute Gasteiger partial charge is 0.329 e. The van der Waals surface area contributed by atoms with Crippen molar-refractivity contribution in [3.8, 4) is 0 Å². The van der Waals surface area contributed by atoms with E-state index < -0.39 is 28.4 Å². The van der Waals surface area contributed by atoms with Gasteiger partial charge in [-0.05, 0) is 47.4 Å². The number of benzene rings is 4. The first-order valence-corrected chi connectivity index (χ1v) is 21.1. The van der Waals surface area contributed by atoms with Crippen LogP contribution in [0.15, 0.2) is 144 Å². The molecule has 3 heterocycles. The van der Waals surface area contributed by atoms with Crippen LogP contribution < -0.4 is 10.6 Å². The summed E-state index contributed by atoms with van der Waals surface area (Å²) in [7, 11) is 0. The van der Waals surface area contributed by atoms with Crippen molar-refractivity contribution in [3.05, 3.63) is 172 Å². The summed E-state index contributed by atoms with van der Waals surface area (Å²) in [6, 6.07) is 40.1. The number of esters is 1. The number of rotatable bonds is 10. The van der Waals surface area contributed by atoms with Crippen molar-refractivity contribution < 1.29 is 19.1 Å². The summed E-state index contributed by atoms with van der Waals surface area (Å²) in [5.74, 6) is -0.107. The highest BCUT2D eigenvalue weighted by Crippen LogP contribution is 2.48. The molecule has 2 amide bonds. The van der Waals surface area contributed by atoms with Gasteiger partial charge in [0.2, 0.25) is 11.8 Å². The third-order valence-corrected chi connectivity index (χ3v) is 13.3. The molecule has 4 aromatic carbocycles. The summed E-state index contributed by atoms with van der Waals surface area (Å²) < 4.78 is 5.62. The Balaban J connectivity index is 1.14. The van der Waals surface area contributed by atoms with Crippen molar-refractivity contribution in [1.82, 2.24) is 15.6 Å². The SMILES string of the molecule is C[C@@]12CSC(=N1)c1csc(n1)CNC(=O)C[C@@H](/C=C/CCSC(c1ccccc1)(c1ccccc1)c1ccccc1)OC(=O)[C@H](Cc1ccccc1)NC2=O. The van der Waals surface area contributed by atoms with Gasteiger partial charge in [0, 0.05) is 17.6 Å². The predicted octanol–water partition coefficient (Wildman–Crippen LogP) is 7.73. The molecule has 0 saturated carbocycles. The second-order valence-electron chi connectivity index (χ2n) is 13.6. The molecule has 0 spiro atoms. The lowest BCUT2D eigenvalue weighted by molar-refractivity contribution is -0.152. The van der Waals surface area contributed by atoms with Gasteiger partial charge in [0.1, 0.15) is 33.4 Å². The minimum absolute atomic E-state index is 0.0815. The van der Waals surface area contributed by atoms with Crippen LogP contribution in [0.3, 0.4) is 0 Å². The van der Waals surface area contributed by atoms with Crippen LogP contribution in [0, 0.1) is 0 Å². The number of aromatic nitrogens is 1. The third kappa shape index (κ3) is 9.12. The highest BCUT2D eigenvalue weighted by Gasteiger charge is 2.41. The van der Waals surface area contributed by atoms with E-state index in [9.17, 15) is 14.4 Å². The molecule has 0 unspecified atom stereocenters. The lowest BCUT2D eigenvalue weighted by Gasteiger charge is -2.35. The van der Waals surface area contributed by atoms with Crippen molar-refractivity contribution in [1.29, 1.82) is 0 Å². The predicted molar refractivity (Wildman–Crippen MR) is 223 cm³/mol. The average molecular weight is 787 g/mol. The molecule has 2 aliphatic heterocycles. The van der Waals surface area contributed by atoms with Gasteiger partial charge in [-0.2, -0.15) is 0 Å². The van der Waals surface area contributed by atoms with Crippen LogP contribution in [0.5, 0.6) is 0 Å². The highest BCUT2D eigenvalue weighted by molar-refractivity contribution is 8.14. The number of amides is 2. The van der Waals surface area contributed by atoms with Gasteiger partial charge >= 0.3 is 5.97 Å². The summed E-state index contributed by atoms with van der Waals surface area (Å²) >= 11 is 4.72. The lowest BCUT2D eigenvalue weighted by atomic mass is 9.84. The summed E-state index contributed by atoms with van der Waals surface area (Å²) in [6.45, 7) is 2.01. The van der Waals surface area contributed by atoms with Gasteiger partial charge in [0.15, 0.2) is 0 Å². The van der Waals surface area contributed by atoms with Crippen molar-refractivity contribution in [3.63, 3.8) is 0 Å². The number of hydrogen-bond acceptors (Lipinski definition) is 9. The minimum atomic E-state index is -1.09. The van der Waals surface area contributed by atoms with Gasteiger partial charge < -0.3 is 15.4 Å². The van der Waals surface area contributed by atoms with E-state index in [-0.39, 0.29) is 31.2 Å². The fourth-order valence-corrected chi connectivity index (χ4v) is 10.1. The van der Waals surface area contributed by atoms with Gasteiger partial charge in [-0.25, -0.2) is 9.78 Å². The number of allylic oxidation sites excluding steroid dienone is 1. The second kappa shape index (κ2) is 17.7. The number of hydrogen-bond donors (Lipinski definition) is 2. The molecule has 0 radical (unpaired) electrons. The van der Waals surface area contributed by atoms with Crippen LogP contribution in [-0.2, 0) is 36.8 Å². The first-order chi connectivity index (χ1) is 26.8. The summed E-state index contributed by atoms with van der Waals surface area (Å²) in [5, 5.41) is 9.19. The van der Waals surface area contributed by atoms with Crippen LogP contribution in [0.1, 0.15) is 52.7 Å². The van der Waals surface area contributed by atoms with Crippen LogP contribution in [0.4, 0.5) is 0 Å². The molecule has 280 valence electrons. The largest absolute Gasteiger partial charge is 0.456 e. The van der Waals surface area contributed by atoms with Crippen molar-refractivity contribution in [2.45, 2.75) is 55.2 Å². The molecule has 11 heteroatoms. The molecule has 3 atom stereocenters. The standard InChI is InChI=1S/C44H42N4O4S3/c1-43-30-54-40(48-43)37-29-53-39(46-37)28-45-38(49)27-35(52-41(50)36(47-42(43)51)26-31-16-6-2-7-17-31)24-14-15-25-55-44(32-18-8-3-9-19-32,33-20-10-4-11-21-33)34-22-12-5-13-23-34/h2-14,16-24,29,35-36H,15,25-28,30H2,1H3,(H,45,49)(H,47,51)/b24-14+/t35-,36+,43+/m1/s1. The van der Waals surface area contributed by atoms with Crippen molar-refractivity contribution in [2.75, 3.05) is 11.5 Å². The van der Waals surface area contributed by atoms with E-state index in [1.807, 2.05) is 71.7 Å². The van der Waals surface area contributed by atoms with Gasteiger partial charge in [0.05, 0.1) is 17.7 Å². The quantitative estimate of drug-likeness (QED) is 0.0646. The summed E-state index contributed by atoms with van der Waals surface area (Å²) in [6.07, 6.45) is 3.70. The molecule has 0 aliphatic carbocycles. The highest BCUT2D eigenvalue weighted by atomic mass is 32.2. The Kier molecular flexibility index (Phi) is 12.3. The maximum absolute atomic E-state index is 14.0. The topological polar surface area (TPSA) is 110 Å². The van der Waals surface area contributed by atoms with E-state index in [2.05, 4.69) is 88.4 Å². The maximum Gasteiger partial charge on any atom is 0.329 e. The van der Waals surface area contributed by atoms with Crippen molar-refractivity contribution in [2.24, 2.45) is 4.99 Å². The Morgan fingerprint density at radius 1 is 0.873 bits per heavy atom. The molecule has 55 heavy (non-hydrogen) atoms. The zero-order chi connectivity index (χ0) is 38.1. The monoisotopic (exact) mass is 786 g/mol. The normalized spacial score (nSPS) is 20.7. The van der Waals surface area contributed by atoms with Crippen LogP contribution in [0.25, 0.3) is 0 Å². The first kappa shape index (κ1) is 38.3. The number of fused-ring (bicyclic) bond motifs is 4. The fourth-order valence-electron chi connectivity index (χ4n) is 6.70. The summed E-state index contributed by atoms with van der Waals surface area (Å²) in [4.78, 5) is 50.6. The fraction of sp³-hybridized carbons (Fsp3) is 0.250. The first-order valence-electron chi connectivity index (χ1n) is 18.3. The van der Waals surface area contributed by atoms with Gasteiger partial charge in [-0.3, -0.25) is 14.6 Å². The molecule has 7 rings (SSSR count). The molecule has 1 aromatic heterocycles. The number of nitrogens with one attached hydrogen (secondary N) is 2. The zero-order valence-corrected chi connectivity index (χ0v) is 32.9. The Hall–Kier alpha value is -4.97. The number of thioether (sulfide) groups is 2.